The maximum atomic E-state index is 4.64. The molecule has 1 aromatic rings. The normalized spacial score (nSPS) is 27.2. The third kappa shape index (κ3) is 2.54. The lowest BCUT2D eigenvalue weighted by Crippen LogP contribution is -2.08. The topological polar surface area (TPSA) is 40.7 Å². The zero-order valence-corrected chi connectivity index (χ0v) is 10.5. The van der Waals surface area contributed by atoms with E-state index in [9.17, 15) is 0 Å². The fourth-order valence-electron chi connectivity index (χ4n) is 3.24. The number of H-pyrrole nitrogens is 1. The number of nitrogens with one attached hydrogen (secondary N) is 2. The molecule has 0 spiro atoms. The predicted octanol–water partition coefficient (Wildman–Crippen LogP) is 2.92. The third-order valence-corrected chi connectivity index (χ3v) is 4.36. The van der Waals surface area contributed by atoms with Crippen LogP contribution in [0.25, 0.3) is 0 Å². The van der Waals surface area contributed by atoms with Gasteiger partial charge in [-0.05, 0) is 25.8 Å². The summed E-state index contributed by atoms with van der Waals surface area (Å²) in [6.07, 6.45) is 11.6. The molecule has 17 heavy (non-hydrogen) atoms. The van der Waals surface area contributed by atoms with Crippen molar-refractivity contribution in [1.82, 2.24) is 15.3 Å². The minimum Gasteiger partial charge on any atom is -0.345 e. The number of imidazole rings is 1. The molecular weight excluding hydrogens is 210 g/mol. The lowest BCUT2D eigenvalue weighted by molar-refractivity contribution is 0.563. The molecule has 0 amide bonds. The number of rotatable bonds is 2. The molecule has 94 valence electrons. The smallest absolute Gasteiger partial charge is 0.109 e. The maximum absolute atomic E-state index is 4.64. The van der Waals surface area contributed by atoms with Crippen molar-refractivity contribution in [3.63, 3.8) is 0 Å². The largest absolute Gasteiger partial charge is 0.345 e. The minimum atomic E-state index is 0.669. The van der Waals surface area contributed by atoms with E-state index < -0.39 is 0 Å². The van der Waals surface area contributed by atoms with Crippen molar-refractivity contribution >= 4 is 0 Å². The molecule has 2 heterocycles. The zero-order chi connectivity index (χ0) is 11.5. The molecular formula is C14H23N3. The average molecular weight is 233 g/mol. The van der Waals surface area contributed by atoms with Gasteiger partial charge in [-0.3, -0.25) is 0 Å². The molecule has 2 N–H and O–H groups in total. The fourth-order valence-corrected chi connectivity index (χ4v) is 3.24. The van der Waals surface area contributed by atoms with Gasteiger partial charge in [0.1, 0.15) is 5.82 Å². The molecule has 1 saturated carbocycles. The van der Waals surface area contributed by atoms with Gasteiger partial charge in [0.05, 0.1) is 0 Å². The van der Waals surface area contributed by atoms with E-state index in [-0.39, 0.29) is 0 Å². The van der Waals surface area contributed by atoms with E-state index in [2.05, 4.69) is 21.5 Å². The number of aromatic nitrogens is 2. The maximum Gasteiger partial charge on any atom is 0.109 e. The van der Waals surface area contributed by atoms with Gasteiger partial charge in [0, 0.05) is 30.3 Å². The molecule has 1 aliphatic carbocycles. The minimum absolute atomic E-state index is 0.669. The summed E-state index contributed by atoms with van der Waals surface area (Å²) in [4.78, 5) is 8.24. The molecule has 2 fully saturated rings. The highest BCUT2D eigenvalue weighted by Crippen LogP contribution is 2.31. The summed E-state index contributed by atoms with van der Waals surface area (Å²) in [5.74, 6) is 2.62. The summed E-state index contributed by atoms with van der Waals surface area (Å²) < 4.78 is 0. The van der Waals surface area contributed by atoms with Crippen LogP contribution in [0.5, 0.6) is 0 Å². The van der Waals surface area contributed by atoms with Gasteiger partial charge in [-0.2, -0.15) is 0 Å². The molecule has 3 nitrogen and oxygen atoms in total. The van der Waals surface area contributed by atoms with Crippen LogP contribution in [0.4, 0.5) is 0 Å². The van der Waals surface area contributed by atoms with Gasteiger partial charge in [-0.1, -0.05) is 25.7 Å². The van der Waals surface area contributed by atoms with Crippen LogP contribution in [0.15, 0.2) is 6.20 Å². The number of hydrogen-bond acceptors (Lipinski definition) is 2. The van der Waals surface area contributed by atoms with Crippen LogP contribution in [0, 0.1) is 0 Å². The van der Waals surface area contributed by atoms with E-state index in [0.29, 0.717) is 11.8 Å². The predicted molar refractivity (Wildman–Crippen MR) is 69.3 cm³/mol. The quantitative estimate of drug-likeness (QED) is 0.771. The Balaban J connectivity index is 1.70. The second-order valence-corrected chi connectivity index (χ2v) is 5.60. The first-order valence-electron chi connectivity index (χ1n) is 7.19. The molecule has 0 aromatic carbocycles. The third-order valence-electron chi connectivity index (χ3n) is 4.36. The highest BCUT2D eigenvalue weighted by Gasteiger charge is 2.21. The van der Waals surface area contributed by atoms with Crippen LogP contribution >= 0.6 is 0 Å². The van der Waals surface area contributed by atoms with Gasteiger partial charge < -0.3 is 10.3 Å². The second kappa shape index (κ2) is 5.21. The molecule has 0 bridgehead atoms. The van der Waals surface area contributed by atoms with Crippen molar-refractivity contribution in [2.45, 2.75) is 56.8 Å². The van der Waals surface area contributed by atoms with Gasteiger partial charge >= 0.3 is 0 Å². The van der Waals surface area contributed by atoms with Crippen LogP contribution < -0.4 is 5.32 Å². The number of nitrogens with zero attached hydrogens (tertiary/aromatic N) is 1. The number of hydrogen-bond donors (Lipinski definition) is 2. The summed E-state index contributed by atoms with van der Waals surface area (Å²) in [6.45, 7) is 2.27. The van der Waals surface area contributed by atoms with Gasteiger partial charge in [0.2, 0.25) is 0 Å². The summed E-state index contributed by atoms with van der Waals surface area (Å²) >= 11 is 0. The second-order valence-electron chi connectivity index (χ2n) is 5.60. The van der Waals surface area contributed by atoms with E-state index >= 15 is 0 Å². The first-order chi connectivity index (χ1) is 8.43. The van der Waals surface area contributed by atoms with Crippen LogP contribution in [0.1, 0.15) is 68.3 Å². The molecule has 1 atom stereocenters. The molecule has 1 aliphatic heterocycles. The molecule has 1 aromatic heterocycles. The highest BCUT2D eigenvalue weighted by atomic mass is 15.0. The van der Waals surface area contributed by atoms with Crippen molar-refractivity contribution in [1.29, 1.82) is 0 Å². The Hall–Kier alpha value is -0.830. The monoisotopic (exact) mass is 233 g/mol. The van der Waals surface area contributed by atoms with Crippen molar-refractivity contribution in [2.75, 3.05) is 13.1 Å². The number of aromatic amines is 1. The Morgan fingerprint density at radius 1 is 1.00 bits per heavy atom. The van der Waals surface area contributed by atoms with Crippen molar-refractivity contribution in [3.8, 4) is 0 Å². The summed E-state index contributed by atoms with van der Waals surface area (Å²) in [5.41, 5.74) is 1.36. The van der Waals surface area contributed by atoms with Crippen molar-refractivity contribution in [3.05, 3.63) is 17.7 Å². The Labute approximate surface area is 103 Å². The van der Waals surface area contributed by atoms with Crippen molar-refractivity contribution in [2.24, 2.45) is 0 Å². The zero-order valence-electron chi connectivity index (χ0n) is 10.5. The van der Waals surface area contributed by atoms with E-state index in [1.54, 1.807) is 0 Å². The Morgan fingerprint density at radius 3 is 2.53 bits per heavy atom. The molecule has 1 saturated heterocycles. The molecule has 0 radical (unpaired) electrons. The van der Waals surface area contributed by atoms with Crippen LogP contribution in [0.3, 0.4) is 0 Å². The fraction of sp³-hybridized carbons (Fsp3) is 0.786. The molecule has 3 rings (SSSR count). The Morgan fingerprint density at radius 2 is 1.82 bits per heavy atom. The standard InChI is InChI=1S/C14H23N3/c1-2-4-6-11(5-3-1)14-16-10-13(17-14)12-7-8-15-9-12/h10-12,15H,1-9H2,(H,16,17). The summed E-state index contributed by atoms with van der Waals surface area (Å²) in [7, 11) is 0. The summed E-state index contributed by atoms with van der Waals surface area (Å²) in [6, 6.07) is 0. The van der Waals surface area contributed by atoms with Gasteiger partial charge in [0.15, 0.2) is 0 Å². The van der Waals surface area contributed by atoms with E-state index in [0.717, 1.165) is 13.1 Å². The van der Waals surface area contributed by atoms with Crippen LogP contribution in [-0.4, -0.2) is 23.1 Å². The first-order valence-corrected chi connectivity index (χ1v) is 7.19. The lowest BCUT2D eigenvalue weighted by atomic mass is 10.00. The molecule has 3 heteroatoms. The van der Waals surface area contributed by atoms with E-state index in [4.69, 9.17) is 0 Å². The summed E-state index contributed by atoms with van der Waals surface area (Å²) in [5, 5.41) is 3.42. The highest BCUT2D eigenvalue weighted by molar-refractivity contribution is 5.12. The average Bonchev–Trinajstić information content (AvgIpc) is 2.95. The van der Waals surface area contributed by atoms with Crippen molar-refractivity contribution < 1.29 is 0 Å². The van der Waals surface area contributed by atoms with Gasteiger partial charge in [-0.15, -0.1) is 0 Å². The molecule has 2 aliphatic rings. The van der Waals surface area contributed by atoms with Gasteiger partial charge in [-0.25, -0.2) is 4.98 Å². The lowest BCUT2D eigenvalue weighted by Gasteiger charge is -2.11. The molecule has 1 unspecified atom stereocenters. The Kier molecular flexibility index (Phi) is 3.46. The van der Waals surface area contributed by atoms with E-state index in [1.165, 1.54) is 56.5 Å². The Bertz CT molecular complexity index is 344. The SMILES string of the molecule is c1nc(C2CCCCCC2)[nH]c1C1CCNC1. The van der Waals surface area contributed by atoms with Gasteiger partial charge in [0.25, 0.3) is 0 Å². The van der Waals surface area contributed by atoms with E-state index in [1.807, 2.05) is 0 Å². The van der Waals surface area contributed by atoms with Crippen LogP contribution in [-0.2, 0) is 0 Å². The first kappa shape index (κ1) is 11.3. The van der Waals surface area contributed by atoms with Crippen LogP contribution in [0.2, 0.25) is 0 Å².